The van der Waals surface area contributed by atoms with Gasteiger partial charge in [0.05, 0.1) is 0 Å². The van der Waals surface area contributed by atoms with Crippen molar-refractivity contribution in [3.63, 3.8) is 0 Å². The fourth-order valence-electron chi connectivity index (χ4n) is 4.36. The van der Waals surface area contributed by atoms with Crippen molar-refractivity contribution in [3.8, 4) is 11.5 Å². The van der Waals surface area contributed by atoms with Crippen LogP contribution in [0.5, 0.6) is 0 Å². The van der Waals surface area contributed by atoms with E-state index >= 15 is 0 Å². The van der Waals surface area contributed by atoms with Gasteiger partial charge in [0.15, 0.2) is 0 Å². The number of aromatic nitrogens is 2. The minimum Gasteiger partial charge on any atom is -0.421 e. The van der Waals surface area contributed by atoms with Gasteiger partial charge in [0.25, 0.3) is 0 Å². The lowest BCUT2D eigenvalue weighted by molar-refractivity contribution is -0.135. The summed E-state index contributed by atoms with van der Waals surface area (Å²) in [6.07, 6.45) is 3.20. The summed E-state index contributed by atoms with van der Waals surface area (Å²) in [6.45, 7) is 7.03. The van der Waals surface area contributed by atoms with Crippen molar-refractivity contribution in [2.45, 2.75) is 39.0 Å². The first kappa shape index (κ1) is 22.5. The van der Waals surface area contributed by atoms with Crippen LogP contribution in [0.25, 0.3) is 11.5 Å². The molecule has 2 aromatic rings. The second kappa shape index (κ2) is 10.3. The van der Waals surface area contributed by atoms with E-state index in [1.807, 2.05) is 41.0 Å². The second-order valence-corrected chi connectivity index (χ2v) is 9.08. The molecule has 0 unspecified atom stereocenters. The van der Waals surface area contributed by atoms with Crippen LogP contribution in [-0.4, -0.2) is 83.0 Å². The van der Waals surface area contributed by atoms with Crippen molar-refractivity contribution in [1.82, 2.24) is 24.9 Å². The number of piperazine rings is 1. The largest absolute Gasteiger partial charge is 0.421 e. The molecule has 0 N–H and O–H groups in total. The van der Waals surface area contributed by atoms with E-state index in [9.17, 15) is 9.59 Å². The molecule has 32 heavy (non-hydrogen) atoms. The number of piperidine rings is 1. The van der Waals surface area contributed by atoms with Crippen LogP contribution < -0.4 is 0 Å². The summed E-state index contributed by atoms with van der Waals surface area (Å²) < 4.78 is 5.73. The van der Waals surface area contributed by atoms with Crippen molar-refractivity contribution in [1.29, 1.82) is 0 Å². The maximum atomic E-state index is 12.6. The Morgan fingerprint density at radius 3 is 2.28 bits per heavy atom. The Balaban J connectivity index is 1.19. The Kier molecular flexibility index (Phi) is 7.19. The van der Waals surface area contributed by atoms with E-state index in [0.29, 0.717) is 37.0 Å². The lowest BCUT2D eigenvalue weighted by atomic mass is 9.92. The molecule has 2 aliphatic heterocycles. The first-order valence-electron chi connectivity index (χ1n) is 11.6. The van der Waals surface area contributed by atoms with Gasteiger partial charge >= 0.3 is 0 Å². The lowest BCUT2D eigenvalue weighted by Gasteiger charge is -2.35. The molecular formula is C24H33N5O3. The number of rotatable bonds is 6. The molecule has 2 saturated heterocycles. The molecule has 1 aromatic heterocycles. The summed E-state index contributed by atoms with van der Waals surface area (Å²) in [5, 5.41) is 8.20. The highest BCUT2D eigenvalue weighted by atomic mass is 16.4. The molecule has 8 nitrogen and oxygen atoms in total. The number of likely N-dealkylation sites (N-methyl/N-ethyl adjacent to an activating group) is 1. The molecule has 4 rings (SSSR count). The minimum absolute atomic E-state index is 0.115. The van der Waals surface area contributed by atoms with Crippen LogP contribution in [0.1, 0.15) is 37.1 Å². The number of nitrogens with zero attached hydrogens (tertiary/aromatic N) is 5. The molecule has 8 heteroatoms. The fraction of sp³-hybridized carbons (Fsp3) is 0.583. The summed E-state index contributed by atoms with van der Waals surface area (Å²) >= 11 is 0. The van der Waals surface area contributed by atoms with Crippen molar-refractivity contribution in [3.05, 3.63) is 35.7 Å². The Bertz CT molecular complexity index is 910. The van der Waals surface area contributed by atoms with Gasteiger partial charge in [0.2, 0.25) is 23.6 Å². The molecule has 1 aromatic carbocycles. The van der Waals surface area contributed by atoms with E-state index < -0.39 is 0 Å². The topological polar surface area (TPSA) is 82.8 Å². The van der Waals surface area contributed by atoms with E-state index in [1.165, 1.54) is 5.56 Å². The third kappa shape index (κ3) is 5.73. The quantitative estimate of drug-likeness (QED) is 0.687. The second-order valence-electron chi connectivity index (χ2n) is 9.08. The van der Waals surface area contributed by atoms with Crippen molar-refractivity contribution >= 4 is 11.8 Å². The van der Waals surface area contributed by atoms with Crippen LogP contribution >= 0.6 is 0 Å². The third-order valence-corrected chi connectivity index (χ3v) is 6.60. The Hall–Kier alpha value is -2.74. The zero-order chi connectivity index (χ0) is 22.5. The lowest BCUT2D eigenvalue weighted by Crippen LogP contribution is -2.48. The maximum Gasteiger partial charge on any atom is 0.247 e. The predicted octanol–water partition coefficient (Wildman–Crippen LogP) is 2.38. The molecule has 0 saturated carbocycles. The van der Waals surface area contributed by atoms with Crippen LogP contribution in [0.4, 0.5) is 0 Å². The summed E-state index contributed by atoms with van der Waals surface area (Å²) in [4.78, 5) is 31.4. The SMILES string of the molecule is Cc1ccc(-c2nnc(CCC(=O)N3CCC(CC(=O)N4CCN(C)CC4)CC3)o2)cc1. The number of aryl methyl sites for hydroxylation is 2. The Morgan fingerprint density at radius 2 is 1.59 bits per heavy atom. The Morgan fingerprint density at radius 1 is 0.938 bits per heavy atom. The van der Waals surface area contributed by atoms with Gasteiger partial charge in [0, 0.05) is 64.1 Å². The highest BCUT2D eigenvalue weighted by Crippen LogP contribution is 2.23. The van der Waals surface area contributed by atoms with Gasteiger partial charge in [-0.3, -0.25) is 9.59 Å². The van der Waals surface area contributed by atoms with Crippen LogP contribution in [0, 0.1) is 12.8 Å². The number of hydrogen-bond acceptors (Lipinski definition) is 6. The normalized spacial score (nSPS) is 18.2. The van der Waals surface area contributed by atoms with Gasteiger partial charge in [-0.25, -0.2) is 0 Å². The van der Waals surface area contributed by atoms with Gasteiger partial charge in [0.1, 0.15) is 0 Å². The summed E-state index contributed by atoms with van der Waals surface area (Å²) in [7, 11) is 2.09. The third-order valence-electron chi connectivity index (χ3n) is 6.60. The minimum atomic E-state index is 0.115. The molecule has 2 aliphatic rings. The zero-order valence-electron chi connectivity index (χ0n) is 19.1. The predicted molar refractivity (Wildman–Crippen MR) is 121 cm³/mol. The van der Waals surface area contributed by atoms with E-state index in [2.05, 4.69) is 22.1 Å². The molecular weight excluding hydrogens is 406 g/mol. The standard InChI is InChI=1S/C24H33N5O3/c1-18-3-5-20(6-4-18)24-26-25-21(32-24)7-8-22(30)28-11-9-19(10-12-28)17-23(31)29-15-13-27(2)14-16-29/h3-6,19H,7-17H2,1-2H3. The number of carbonyl (C=O) groups is 2. The molecule has 2 fully saturated rings. The number of benzene rings is 1. The monoisotopic (exact) mass is 439 g/mol. The summed E-state index contributed by atoms with van der Waals surface area (Å²) in [6, 6.07) is 7.92. The van der Waals surface area contributed by atoms with E-state index in [-0.39, 0.29) is 11.8 Å². The van der Waals surface area contributed by atoms with Gasteiger partial charge in [-0.1, -0.05) is 17.7 Å². The average Bonchev–Trinajstić information content (AvgIpc) is 3.28. The van der Waals surface area contributed by atoms with Crippen molar-refractivity contribution < 1.29 is 14.0 Å². The van der Waals surface area contributed by atoms with Crippen LogP contribution in [0.15, 0.2) is 28.7 Å². The van der Waals surface area contributed by atoms with E-state index in [0.717, 1.165) is 57.7 Å². The molecule has 0 aliphatic carbocycles. The number of carbonyl (C=O) groups excluding carboxylic acids is 2. The summed E-state index contributed by atoms with van der Waals surface area (Å²) in [5.41, 5.74) is 2.06. The highest BCUT2D eigenvalue weighted by Gasteiger charge is 2.27. The molecule has 2 amide bonds. The van der Waals surface area contributed by atoms with Crippen LogP contribution in [0.2, 0.25) is 0 Å². The smallest absolute Gasteiger partial charge is 0.247 e. The fourth-order valence-corrected chi connectivity index (χ4v) is 4.36. The molecule has 0 bridgehead atoms. The van der Waals surface area contributed by atoms with Crippen molar-refractivity contribution in [2.24, 2.45) is 5.92 Å². The van der Waals surface area contributed by atoms with Crippen LogP contribution in [0.3, 0.4) is 0 Å². The Labute approximate surface area is 189 Å². The molecule has 172 valence electrons. The van der Waals surface area contributed by atoms with E-state index in [1.54, 1.807) is 0 Å². The summed E-state index contributed by atoms with van der Waals surface area (Å²) in [5.74, 6) is 1.73. The van der Waals surface area contributed by atoms with Gasteiger partial charge < -0.3 is 19.1 Å². The highest BCUT2D eigenvalue weighted by molar-refractivity contribution is 5.77. The molecule has 0 atom stereocenters. The van der Waals surface area contributed by atoms with E-state index in [4.69, 9.17) is 4.42 Å². The first-order chi connectivity index (χ1) is 15.5. The molecule has 3 heterocycles. The molecule has 0 radical (unpaired) electrons. The number of amides is 2. The first-order valence-corrected chi connectivity index (χ1v) is 11.6. The number of likely N-dealkylation sites (tertiary alicyclic amines) is 1. The molecule has 0 spiro atoms. The van der Waals surface area contributed by atoms with Crippen molar-refractivity contribution in [2.75, 3.05) is 46.3 Å². The average molecular weight is 440 g/mol. The zero-order valence-corrected chi connectivity index (χ0v) is 19.1. The van der Waals surface area contributed by atoms with Gasteiger partial charge in [-0.15, -0.1) is 10.2 Å². The van der Waals surface area contributed by atoms with Crippen LogP contribution in [-0.2, 0) is 16.0 Å². The maximum absolute atomic E-state index is 12.6. The number of hydrogen-bond donors (Lipinski definition) is 0. The van der Waals surface area contributed by atoms with Gasteiger partial charge in [-0.05, 0) is 44.9 Å². The van der Waals surface area contributed by atoms with Gasteiger partial charge in [-0.2, -0.15) is 0 Å².